The Bertz CT molecular complexity index is 822. The number of nitrogens with one attached hydrogen (secondary N) is 1. The maximum absolute atomic E-state index is 13.1. The SMILES string of the molecule is CCOC(=O)[C@H](OP(=O)(OCC)OCC)[C@H](NC(C)c1ccccc1)c1ccccc1. The molecule has 31 heavy (non-hydrogen) atoms. The van der Waals surface area contributed by atoms with Gasteiger partial charge in [0.25, 0.3) is 0 Å². The Kier molecular flexibility index (Phi) is 10.4. The van der Waals surface area contributed by atoms with Crippen LogP contribution in [0.3, 0.4) is 0 Å². The summed E-state index contributed by atoms with van der Waals surface area (Å²) in [5.41, 5.74) is 1.81. The van der Waals surface area contributed by atoms with Crippen LogP contribution in [0, 0.1) is 0 Å². The number of esters is 1. The molecule has 0 saturated heterocycles. The van der Waals surface area contributed by atoms with Crippen molar-refractivity contribution in [3.05, 3.63) is 71.8 Å². The van der Waals surface area contributed by atoms with Crippen LogP contribution < -0.4 is 5.32 Å². The molecule has 0 aliphatic heterocycles. The van der Waals surface area contributed by atoms with Crippen LogP contribution in [0.25, 0.3) is 0 Å². The number of hydrogen-bond donors (Lipinski definition) is 1. The van der Waals surface area contributed by atoms with Crippen molar-refractivity contribution in [3.63, 3.8) is 0 Å². The Hall–Kier alpha value is -2.02. The summed E-state index contributed by atoms with van der Waals surface area (Å²) >= 11 is 0. The second kappa shape index (κ2) is 12.7. The molecular formula is C23H32NO6P. The van der Waals surface area contributed by atoms with Crippen molar-refractivity contribution in [3.8, 4) is 0 Å². The molecule has 170 valence electrons. The molecule has 0 aromatic heterocycles. The summed E-state index contributed by atoms with van der Waals surface area (Å²) in [6.45, 7) is 7.42. The van der Waals surface area contributed by atoms with Gasteiger partial charge in [0.05, 0.1) is 25.9 Å². The number of benzene rings is 2. The smallest absolute Gasteiger partial charge is 0.464 e. The van der Waals surface area contributed by atoms with Crippen LogP contribution in [0.15, 0.2) is 60.7 Å². The molecule has 2 rings (SSSR count). The van der Waals surface area contributed by atoms with E-state index >= 15 is 0 Å². The summed E-state index contributed by atoms with van der Waals surface area (Å²) in [5.74, 6) is -0.649. The van der Waals surface area contributed by atoms with Crippen molar-refractivity contribution in [1.82, 2.24) is 5.32 Å². The lowest BCUT2D eigenvalue weighted by molar-refractivity contribution is -0.154. The monoisotopic (exact) mass is 449 g/mol. The summed E-state index contributed by atoms with van der Waals surface area (Å²) in [5, 5.41) is 3.44. The molecule has 1 unspecified atom stereocenters. The lowest BCUT2D eigenvalue weighted by Crippen LogP contribution is -2.41. The molecule has 2 aromatic rings. The molecule has 0 amide bonds. The predicted molar refractivity (Wildman–Crippen MR) is 120 cm³/mol. The molecule has 0 bridgehead atoms. The van der Waals surface area contributed by atoms with Gasteiger partial charge in [-0.05, 0) is 38.8 Å². The second-order valence-corrected chi connectivity index (χ2v) is 8.37. The number of rotatable bonds is 13. The molecule has 3 atom stereocenters. The highest BCUT2D eigenvalue weighted by Crippen LogP contribution is 2.52. The Balaban J connectivity index is 2.44. The fourth-order valence-electron chi connectivity index (χ4n) is 3.14. The van der Waals surface area contributed by atoms with Crippen LogP contribution in [-0.4, -0.2) is 31.9 Å². The van der Waals surface area contributed by atoms with Gasteiger partial charge >= 0.3 is 13.8 Å². The van der Waals surface area contributed by atoms with Crippen LogP contribution >= 0.6 is 7.82 Å². The van der Waals surface area contributed by atoms with Crippen molar-refractivity contribution in [2.75, 3.05) is 19.8 Å². The molecule has 8 heteroatoms. The van der Waals surface area contributed by atoms with Gasteiger partial charge in [0.2, 0.25) is 0 Å². The number of carbonyl (C=O) groups is 1. The fraction of sp³-hybridized carbons (Fsp3) is 0.435. The van der Waals surface area contributed by atoms with Crippen molar-refractivity contribution in [2.45, 2.75) is 45.9 Å². The Morgan fingerprint density at radius 2 is 1.39 bits per heavy atom. The Morgan fingerprint density at radius 1 is 0.871 bits per heavy atom. The highest BCUT2D eigenvalue weighted by atomic mass is 31.2. The highest BCUT2D eigenvalue weighted by molar-refractivity contribution is 7.48. The first kappa shape index (κ1) is 25.2. The molecule has 0 saturated carbocycles. The maximum Gasteiger partial charge on any atom is 0.475 e. The number of ether oxygens (including phenoxy) is 1. The third-order valence-corrected chi connectivity index (χ3v) is 6.16. The van der Waals surface area contributed by atoms with E-state index in [0.717, 1.165) is 11.1 Å². The number of carbonyl (C=O) groups excluding carboxylic acids is 1. The van der Waals surface area contributed by atoms with Crippen LogP contribution in [0.1, 0.15) is 50.9 Å². The van der Waals surface area contributed by atoms with Crippen LogP contribution in [-0.2, 0) is 27.7 Å². The normalized spacial score (nSPS) is 14.6. The lowest BCUT2D eigenvalue weighted by atomic mass is 9.98. The zero-order valence-corrected chi connectivity index (χ0v) is 19.4. The van der Waals surface area contributed by atoms with Gasteiger partial charge in [-0.3, -0.25) is 13.6 Å². The molecule has 7 nitrogen and oxygen atoms in total. The predicted octanol–water partition coefficient (Wildman–Crippen LogP) is 5.21. The van der Waals surface area contributed by atoms with Crippen LogP contribution in [0.4, 0.5) is 0 Å². The van der Waals surface area contributed by atoms with Crippen LogP contribution in [0.5, 0.6) is 0 Å². The minimum absolute atomic E-state index is 0.108. The summed E-state index contributed by atoms with van der Waals surface area (Å²) in [6, 6.07) is 18.4. The maximum atomic E-state index is 13.1. The van der Waals surface area contributed by atoms with E-state index in [-0.39, 0.29) is 25.9 Å². The molecule has 0 heterocycles. The van der Waals surface area contributed by atoms with Crippen molar-refractivity contribution in [2.24, 2.45) is 0 Å². The largest absolute Gasteiger partial charge is 0.475 e. The van der Waals surface area contributed by atoms with E-state index in [0.29, 0.717) is 0 Å². The molecule has 0 radical (unpaired) electrons. The molecule has 2 aromatic carbocycles. The average molecular weight is 449 g/mol. The quantitative estimate of drug-likeness (QED) is 0.332. The molecule has 0 aliphatic carbocycles. The zero-order chi connectivity index (χ0) is 22.7. The van der Waals surface area contributed by atoms with Crippen LogP contribution in [0.2, 0.25) is 0 Å². The van der Waals surface area contributed by atoms with Gasteiger partial charge < -0.3 is 10.1 Å². The first-order valence-electron chi connectivity index (χ1n) is 10.5. The van der Waals surface area contributed by atoms with E-state index in [2.05, 4.69) is 5.32 Å². The molecule has 1 N–H and O–H groups in total. The van der Waals surface area contributed by atoms with E-state index in [1.165, 1.54) is 0 Å². The fourth-order valence-corrected chi connectivity index (χ4v) is 4.46. The first-order valence-corrected chi connectivity index (χ1v) is 12.0. The molecular weight excluding hydrogens is 417 g/mol. The third kappa shape index (κ3) is 7.56. The van der Waals surface area contributed by atoms with Gasteiger partial charge in [0.15, 0.2) is 6.10 Å². The number of phosphoric acid groups is 1. The first-order chi connectivity index (χ1) is 14.9. The Labute approximate surface area is 184 Å². The number of phosphoric ester groups is 1. The summed E-state index contributed by atoms with van der Waals surface area (Å²) in [4.78, 5) is 12.9. The minimum atomic E-state index is -3.98. The molecule has 0 fully saturated rings. The van der Waals surface area contributed by atoms with Gasteiger partial charge in [-0.2, -0.15) is 0 Å². The van der Waals surface area contributed by atoms with Gasteiger partial charge in [-0.15, -0.1) is 0 Å². The van der Waals surface area contributed by atoms with Gasteiger partial charge in [-0.25, -0.2) is 9.36 Å². The topological polar surface area (TPSA) is 83.1 Å². The number of hydrogen-bond acceptors (Lipinski definition) is 7. The summed E-state index contributed by atoms with van der Waals surface area (Å²) < 4.78 is 34.7. The van der Waals surface area contributed by atoms with Crippen molar-refractivity contribution >= 4 is 13.8 Å². The zero-order valence-electron chi connectivity index (χ0n) is 18.5. The molecule has 0 aliphatic rings. The lowest BCUT2D eigenvalue weighted by Gasteiger charge is -2.31. The summed E-state index contributed by atoms with van der Waals surface area (Å²) in [6.07, 6.45) is -1.25. The third-order valence-electron chi connectivity index (χ3n) is 4.53. The van der Waals surface area contributed by atoms with E-state index in [4.69, 9.17) is 18.3 Å². The standard InChI is InChI=1S/C23H32NO6P/c1-5-27-23(25)22(30-31(26,28-6-2)29-7-3)21(20-16-12-9-13-17-20)24-18(4)19-14-10-8-11-15-19/h8-18,21-22,24H,5-7H2,1-4H3/t18?,21-,22-/m1/s1. The van der Waals surface area contributed by atoms with Gasteiger partial charge in [-0.1, -0.05) is 60.7 Å². The van der Waals surface area contributed by atoms with E-state index in [9.17, 15) is 9.36 Å². The van der Waals surface area contributed by atoms with E-state index in [1.54, 1.807) is 20.8 Å². The van der Waals surface area contributed by atoms with E-state index < -0.39 is 25.9 Å². The minimum Gasteiger partial charge on any atom is -0.464 e. The van der Waals surface area contributed by atoms with Gasteiger partial charge in [0, 0.05) is 6.04 Å². The highest BCUT2D eigenvalue weighted by Gasteiger charge is 2.40. The van der Waals surface area contributed by atoms with E-state index in [1.807, 2.05) is 67.6 Å². The second-order valence-electron chi connectivity index (χ2n) is 6.75. The van der Waals surface area contributed by atoms with Crippen molar-refractivity contribution in [1.29, 1.82) is 0 Å². The summed E-state index contributed by atoms with van der Waals surface area (Å²) in [7, 11) is -3.98. The van der Waals surface area contributed by atoms with Gasteiger partial charge in [0.1, 0.15) is 0 Å². The molecule has 0 spiro atoms. The average Bonchev–Trinajstić information content (AvgIpc) is 2.77. The Morgan fingerprint density at radius 3 is 1.87 bits per heavy atom. The van der Waals surface area contributed by atoms with Crippen molar-refractivity contribution < 1.29 is 27.7 Å².